The van der Waals surface area contributed by atoms with E-state index in [4.69, 9.17) is 9.84 Å². The number of ether oxygens (including phenoxy) is 1. The number of rotatable bonds is 1. The molecule has 0 aromatic heterocycles. The van der Waals surface area contributed by atoms with Crippen molar-refractivity contribution in [3.05, 3.63) is 0 Å². The van der Waals surface area contributed by atoms with Crippen LogP contribution in [0.25, 0.3) is 0 Å². The lowest BCUT2D eigenvalue weighted by atomic mass is 10.1. The molecule has 1 rings (SSSR count). The van der Waals surface area contributed by atoms with Crippen molar-refractivity contribution >= 4 is 0 Å². The number of hydrogen-bond acceptors (Lipinski definition) is 2. The van der Waals surface area contributed by atoms with Gasteiger partial charge in [0, 0.05) is 6.61 Å². The Hall–Kier alpha value is -0.120. The molecular weight excluding hydrogens is 120 g/mol. The summed E-state index contributed by atoms with van der Waals surface area (Å²) in [7, 11) is 0. The molecule has 0 bridgehead atoms. The van der Waals surface area contributed by atoms with Crippen LogP contribution >= 0.6 is 0 Å². The van der Waals surface area contributed by atoms with Crippen LogP contribution in [-0.4, -0.2) is 29.9 Å². The molecule has 1 aliphatic heterocycles. The zero-order chi connectivity index (χ0) is 5.82. The Morgan fingerprint density at radius 3 is 2.56 bits per heavy atom. The summed E-state index contributed by atoms with van der Waals surface area (Å²) in [5, 5.41) is 8.57. The van der Waals surface area contributed by atoms with E-state index in [0.717, 1.165) is 19.4 Å². The molecule has 1 atom stereocenters. The predicted octanol–water partition coefficient (Wildman–Crippen LogP) is -0.277. The van der Waals surface area contributed by atoms with E-state index in [2.05, 4.69) is 0 Å². The lowest BCUT2D eigenvalue weighted by Crippen LogP contribution is -2.22. The van der Waals surface area contributed by atoms with Gasteiger partial charge in [-0.25, -0.2) is 0 Å². The van der Waals surface area contributed by atoms with Crippen molar-refractivity contribution in [3.63, 3.8) is 0 Å². The van der Waals surface area contributed by atoms with Gasteiger partial charge in [0.1, 0.15) is 0 Å². The molecule has 0 spiro atoms. The molecule has 1 unspecified atom stereocenters. The monoisotopic (exact) mass is 134 g/mol. The first kappa shape index (κ1) is 8.88. The summed E-state index contributed by atoms with van der Waals surface area (Å²) < 4.78 is 5.18. The second-order valence-corrected chi connectivity index (χ2v) is 2.17. The fraction of sp³-hybridized carbons (Fsp3) is 1.00. The molecule has 1 heterocycles. The van der Waals surface area contributed by atoms with Gasteiger partial charge in [0.25, 0.3) is 0 Å². The fourth-order valence-corrected chi connectivity index (χ4v) is 0.951. The molecule has 0 aromatic carbocycles. The molecule has 0 aliphatic carbocycles. The van der Waals surface area contributed by atoms with Crippen molar-refractivity contribution in [3.8, 4) is 0 Å². The molecule has 3 nitrogen and oxygen atoms in total. The Balaban J connectivity index is 0.000000640. The molecule has 0 aromatic rings. The van der Waals surface area contributed by atoms with Crippen LogP contribution in [0.15, 0.2) is 0 Å². The Morgan fingerprint density at radius 2 is 2.22 bits per heavy atom. The lowest BCUT2D eigenvalue weighted by Gasteiger charge is -2.19. The molecule has 1 saturated heterocycles. The highest BCUT2D eigenvalue weighted by atomic mass is 16.5. The van der Waals surface area contributed by atoms with Crippen molar-refractivity contribution in [2.45, 2.75) is 25.4 Å². The molecule has 0 radical (unpaired) electrons. The van der Waals surface area contributed by atoms with Crippen LogP contribution in [-0.2, 0) is 4.74 Å². The van der Waals surface area contributed by atoms with Gasteiger partial charge in [0.15, 0.2) is 0 Å². The minimum Gasteiger partial charge on any atom is -0.412 e. The second-order valence-electron chi connectivity index (χ2n) is 2.17. The highest BCUT2D eigenvalue weighted by Gasteiger charge is 2.10. The van der Waals surface area contributed by atoms with Crippen LogP contribution < -0.4 is 0 Å². The summed E-state index contributed by atoms with van der Waals surface area (Å²) in [5.74, 6) is 0. The minimum atomic E-state index is 0. The van der Waals surface area contributed by atoms with Crippen LogP contribution in [0.2, 0.25) is 0 Å². The maximum atomic E-state index is 8.57. The highest BCUT2D eigenvalue weighted by Crippen LogP contribution is 2.10. The number of hydrogen-bond donors (Lipinski definition) is 1. The van der Waals surface area contributed by atoms with Gasteiger partial charge in [-0.1, -0.05) is 0 Å². The predicted molar refractivity (Wildman–Crippen MR) is 34.3 cm³/mol. The van der Waals surface area contributed by atoms with Gasteiger partial charge < -0.3 is 15.3 Å². The molecule has 3 N–H and O–H groups in total. The van der Waals surface area contributed by atoms with Gasteiger partial charge in [-0.15, -0.1) is 0 Å². The lowest BCUT2D eigenvalue weighted by molar-refractivity contribution is -0.0172. The van der Waals surface area contributed by atoms with Gasteiger partial charge in [-0.3, -0.25) is 0 Å². The summed E-state index contributed by atoms with van der Waals surface area (Å²) in [6, 6.07) is 0. The maximum Gasteiger partial charge on any atom is 0.0805 e. The summed E-state index contributed by atoms with van der Waals surface area (Å²) in [5.41, 5.74) is 0. The highest BCUT2D eigenvalue weighted by molar-refractivity contribution is 4.60. The first-order valence-electron chi connectivity index (χ1n) is 3.16. The van der Waals surface area contributed by atoms with Crippen molar-refractivity contribution in [2.75, 3.05) is 13.2 Å². The summed E-state index contributed by atoms with van der Waals surface area (Å²) in [6.45, 7) is 1.03. The molecule has 3 heteroatoms. The van der Waals surface area contributed by atoms with Gasteiger partial charge in [0.2, 0.25) is 0 Å². The van der Waals surface area contributed by atoms with Crippen LogP contribution in [0.5, 0.6) is 0 Å². The molecule has 0 amide bonds. The van der Waals surface area contributed by atoms with E-state index in [9.17, 15) is 0 Å². The molecule has 1 fully saturated rings. The van der Waals surface area contributed by atoms with E-state index in [1.807, 2.05) is 0 Å². The van der Waals surface area contributed by atoms with E-state index in [-0.39, 0.29) is 18.2 Å². The van der Waals surface area contributed by atoms with Gasteiger partial charge >= 0.3 is 0 Å². The Bertz CT molecular complexity index is 59.3. The third-order valence-electron chi connectivity index (χ3n) is 1.48. The summed E-state index contributed by atoms with van der Waals surface area (Å²) >= 11 is 0. The quantitative estimate of drug-likeness (QED) is 0.536. The smallest absolute Gasteiger partial charge is 0.0805 e. The third kappa shape index (κ3) is 2.79. The van der Waals surface area contributed by atoms with Crippen molar-refractivity contribution < 1.29 is 15.3 Å². The van der Waals surface area contributed by atoms with E-state index >= 15 is 0 Å². The number of aliphatic hydroxyl groups is 1. The summed E-state index contributed by atoms with van der Waals surface area (Å²) in [6.07, 6.45) is 3.56. The average molecular weight is 134 g/mol. The van der Waals surface area contributed by atoms with Crippen LogP contribution in [0.4, 0.5) is 0 Å². The summed E-state index contributed by atoms with van der Waals surface area (Å²) in [4.78, 5) is 0. The topological polar surface area (TPSA) is 61.0 Å². The third-order valence-corrected chi connectivity index (χ3v) is 1.48. The van der Waals surface area contributed by atoms with Crippen LogP contribution in [0, 0.1) is 0 Å². The maximum absolute atomic E-state index is 8.57. The molecule has 56 valence electrons. The van der Waals surface area contributed by atoms with Crippen molar-refractivity contribution in [1.29, 1.82) is 0 Å². The van der Waals surface area contributed by atoms with E-state index in [1.165, 1.54) is 6.42 Å². The minimum absolute atomic E-state index is 0. The Kier molecular flexibility index (Phi) is 4.67. The van der Waals surface area contributed by atoms with Gasteiger partial charge in [-0.2, -0.15) is 0 Å². The average Bonchev–Trinajstić information content (AvgIpc) is 1.90. The number of aliphatic hydroxyl groups excluding tert-OH is 1. The molecule has 9 heavy (non-hydrogen) atoms. The first-order valence-corrected chi connectivity index (χ1v) is 3.16. The molecule has 0 saturated carbocycles. The zero-order valence-corrected chi connectivity index (χ0v) is 5.47. The van der Waals surface area contributed by atoms with Crippen molar-refractivity contribution in [1.82, 2.24) is 0 Å². The zero-order valence-electron chi connectivity index (χ0n) is 5.47. The standard InChI is InChI=1S/C6H12O2.H2O/c7-5-6-3-1-2-4-8-6;/h6-7H,1-5H2;1H2. The van der Waals surface area contributed by atoms with Gasteiger partial charge in [-0.05, 0) is 19.3 Å². The largest absolute Gasteiger partial charge is 0.412 e. The fourth-order valence-electron chi connectivity index (χ4n) is 0.951. The van der Waals surface area contributed by atoms with E-state index in [1.54, 1.807) is 0 Å². The molecule has 1 aliphatic rings. The SMILES string of the molecule is O.OCC1CCCCO1. The van der Waals surface area contributed by atoms with Gasteiger partial charge in [0.05, 0.1) is 12.7 Å². The Morgan fingerprint density at radius 1 is 1.44 bits per heavy atom. The van der Waals surface area contributed by atoms with Crippen LogP contribution in [0.1, 0.15) is 19.3 Å². The van der Waals surface area contributed by atoms with E-state index in [0.29, 0.717) is 0 Å². The normalized spacial score (nSPS) is 27.0. The van der Waals surface area contributed by atoms with Crippen molar-refractivity contribution in [2.24, 2.45) is 0 Å². The second kappa shape index (κ2) is 4.73. The molecular formula is C6H14O3. The Labute approximate surface area is 54.9 Å². The first-order chi connectivity index (χ1) is 3.93. The van der Waals surface area contributed by atoms with Crippen LogP contribution in [0.3, 0.4) is 0 Å². The van der Waals surface area contributed by atoms with E-state index < -0.39 is 0 Å².